The smallest absolute Gasteiger partial charge is 0.387 e. The van der Waals surface area contributed by atoms with E-state index in [2.05, 4.69) is 14.8 Å². The third-order valence-corrected chi connectivity index (χ3v) is 3.37. The van der Waals surface area contributed by atoms with Crippen LogP contribution in [0.1, 0.15) is 15.9 Å². The number of hydrogen-bond acceptors (Lipinski definition) is 4. The van der Waals surface area contributed by atoms with Gasteiger partial charge in [-0.25, -0.2) is 8.78 Å². The quantitative estimate of drug-likeness (QED) is 0.667. The predicted octanol–water partition coefficient (Wildman–Crippen LogP) is 4.11. The van der Waals surface area contributed by atoms with E-state index in [0.717, 1.165) is 6.07 Å². The van der Waals surface area contributed by atoms with Gasteiger partial charge in [-0.15, -0.1) is 0 Å². The fourth-order valence-electron chi connectivity index (χ4n) is 2.23. The monoisotopic (exact) mass is 409 g/mol. The fraction of sp³-hybridized carbons (Fsp3) is 0.235. The van der Waals surface area contributed by atoms with Gasteiger partial charge in [-0.1, -0.05) is 6.07 Å². The lowest BCUT2D eigenvalue weighted by atomic mass is 10.1. The van der Waals surface area contributed by atoms with E-state index in [1.165, 1.54) is 19.2 Å². The molecule has 0 heterocycles. The molecule has 0 aliphatic carbocycles. The van der Waals surface area contributed by atoms with Gasteiger partial charge in [-0.3, -0.25) is 4.79 Å². The van der Waals surface area contributed by atoms with Crippen LogP contribution in [0.15, 0.2) is 30.3 Å². The summed E-state index contributed by atoms with van der Waals surface area (Å²) < 4.78 is 89.9. The van der Waals surface area contributed by atoms with Crippen molar-refractivity contribution in [1.82, 2.24) is 5.32 Å². The second kappa shape index (κ2) is 9.20. The highest BCUT2D eigenvalue weighted by molar-refractivity contribution is 5.94. The number of nitrogens with one attached hydrogen (secondary N) is 1. The molecule has 0 unspecified atom stereocenters. The normalized spacial score (nSPS) is 10.9. The molecule has 0 saturated heterocycles. The van der Waals surface area contributed by atoms with Crippen LogP contribution in [0.4, 0.5) is 26.3 Å². The van der Waals surface area contributed by atoms with Gasteiger partial charge in [0, 0.05) is 18.7 Å². The lowest BCUT2D eigenvalue weighted by Crippen LogP contribution is -2.25. The number of rotatable bonds is 8. The van der Waals surface area contributed by atoms with Crippen molar-refractivity contribution < 1.29 is 45.3 Å². The Morgan fingerprint density at radius 3 is 2.11 bits per heavy atom. The van der Waals surface area contributed by atoms with Gasteiger partial charge in [0.15, 0.2) is 11.5 Å². The number of methoxy groups -OCH3 is 1. The molecule has 11 heteroatoms. The number of amides is 1. The number of halogens is 6. The number of alkyl halides is 4. The molecule has 0 radical (unpaired) electrons. The molecule has 0 saturated carbocycles. The lowest BCUT2D eigenvalue weighted by molar-refractivity contribution is -0.0515. The predicted molar refractivity (Wildman–Crippen MR) is 83.8 cm³/mol. The Kier molecular flexibility index (Phi) is 6.96. The third-order valence-electron chi connectivity index (χ3n) is 3.37. The highest BCUT2D eigenvalue weighted by Gasteiger charge is 2.20. The number of carbonyl (C=O) groups is 1. The molecule has 0 bridgehead atoms. The first-order valence-corrected chi connectivity index (χ1v) is 7.55. The van der Waals surface area contributed by atoms with Crippen molar-refractivity contribution >= 4 is 5.91 Å². The van der Waals surface area contributed by atoms with Crippen molar-refractivity contribution in [1.29, 1.82) is 0 Å². The summed E-state index contributed by atoms with van der Waals surface area (Å²) in [4.78, 5) is 12.0. The zero-order valence-corrected chi connectivity index (χ0v) is 14.1. The topological polar surface area (TPSA) is 56.8 Å². The molecule has 1 amide bonds. The molecule has 0 aliphatic heterocycles. The summed E-state index contributed by atoms with van der Waals surface area (Å²) >= 11 is 0. The van der Waals surface area contributed by atoms with E-state index in [1.54, 1.807) is 0 Å². The Morgan fingerprint density at radius 1 is 0.964 bits per heavy atom. The van der Waals surface area contributed by atoms with Crippen LogP contribution in [0, 0.1) is 11.6 Å². The van der Waals surface area contributed by atoms with Gasteiger partial charge in [0.25, 0.3) is 5.91 Å². The zero-order valence-electron chi connectivity index (χ0n) is 14.1. The van der Waals surface area contributed by atoms with Crippen LogP contribution in [-0.2, 0) is 6.54 Å². The minimum Gasteiger partial charge on any atom is -0.493 e. The second-order valence-electron chi connectivity index (χ2n) is 5.19. The van der Waals surface area contributed by atoms with E-state index in [9.17, 15) is 31.1 Å². The Balaban J connectivity index is 2.14. The molecule has 0 aliphatic rings. The van der Waals surface area contributed by atoms with Crippen LogP contribution in [0.5, 0.6) is 17.2 Å². The molecule has 0 spiro atoms. The summed E-state index contributed by atoms with van der Waals surface area (Å²) in [5, 5.41) is 2.18. The zero-order chi connectivity index (χ0) is 20.8. The minimum absolute atomic E-state index is 0.0158. The highest BCUT2D eigenvalue weighted by Crippen LogP contribution is 2.29. The average molecular weight is 409 g/mol. The number of benzene rings is 2. The van der Waals surface area contributed by atoms with Crippen LogP contribution in [0.3, 0.4) is 0 Å². The van der Waals surface area contributed by atoms with Gasteiger partial charge in [-0.2, -0.15) is 17.6 Å². The van der Waals surface area contributed by atoms with Gasteiger partial charge in [0.2, 0.25) is 0 Å². The van der Waals surface area contributed by atoms with E-state index in [1.807, 2.05) is 0 Å². The first-order valence-electron chi connectivity index (χ1n) is 7.55. The first-order chi connectivity index (χ1) is 13.2. The minimum atomic E-state index is -3.29. The Hall–Kier alpha value is -3.11. The van der Waals surface area contributed by atoms with E-state index >= 15 is 0 Å². The molecule has 0 fully saturated rings. The van der Waals surface area contributed by atoms with Crippen molar-refractivity contribution in [2.45, 2.75) is 19.8 Å². The molecular formula is C17H13F6NO4. The van der Waals surface area contributed by atoms with Gasteiger partial charge in [0.1, 0.15) is 22.9 Å². The fourth-order valence-corrected chi connectivity index (χ4v) is 2.23. The molecule has 28 heavy (non-hydrogen) atoms. The molecule has 0 atom stereocenters. The lowest BCUT2D eigenvalue weighted by Gasteiger charge is -2.13. The summed E-state index contributed by atoms with van der Waals surface area (Å²) in [6.07, 6.45) is 0. The maximum Gasteiger partial charge on any atom is 0.387 e. The third kappa shape index (κ3) is 5.44. The molecule has 5 nitrogen and oxygen atoms in total. The maximum atomic E-state index is 13.9. The highest BCUT2D eigenvalue weighted by atomic mass is 19.3. The van der Waals surface area contributed by atoms with E-state index in [4.69, 9.17) is 4.74 Å². The van der Waals surface area contributed by atoms with E-state index < -0.39 is 42.1 Å². The van der Waals surface area contributed by atoms with Gasteiger partial charge >= 0.3 is 13.2 Å². The standard InChI is InChI=1S/C17H13F6NO4/c1-26-12-3-2-8(4-13(12)28-17(22)23)7-24-15(25)14-10(18)5-9(6-11(14)19)27-16(20)21/h2-6,16-17H,7H2,1H3,(H,24,25). The van der Waals surface area contributed by atoms with Crippen LogP contribution < -0.4 is 19.5 Å². The SMILES string of the molecule is COc1ccc(CNC(=O)c2c(F)cc(OC(F)F)cc2F)cc1OC(F)F. The molecule has 1 N–H and O–H groups in total. The Labute approximate surface area is 154 Å². The number of carbonyl (C=O) groups excluding carboxylic acids is 1. The van der Waals surface area contributed by atoms with E-state index in [0.29, 0.717) is 12.1 Å². The molecule has 2 rings (SSSR count). The molecule has 2 aromatic rings. The number of ether oxygens (including phenoxy) is 3. The molecule has 0 aromatic heterocycles. The van der Waals surface area contributed by atoms with Crippen molar-refractivity contribution in [2.24, 2.45) is 0 Å². The van der Waals surface area contributed by atoms with E-state index in [-0.39, 0.29) is 23.6 Å². The van der Waals surface area contributed by atoms with Crippen LogP contribution in [-0.4, -0.2) is 26.2 Å². The Bertz CT molecular complexity index is 823. The van der Waals surface area contributed by atoms with Crippen molar-refractivity contribution in [3.8, 4) is 17.2 Å². The maximum absolute atomic E-state index is 13.9. The summed E-state index contributed by atoms with van der Waals surface area (Å²) in [7, 11) is 1.24. The largest absolute Gasteiger partial charge is 0.493 e. The molecule has 152 valence electrons. The summed E-state index contributed by atoms with van der Waals surface area (Å²) in [5.74, 6) is -5.08. The Morgan fingerprint density at radius 2 is 1.57 bits per heavy atom. The van der Waals surface area contributed by atoms with Gasteiger partial charge in [-0.05, 0) is 17.7 Å². The van der Waals surface area contributed by atoms with Crippen LogP contribution in [0.2, 0.25) is 0 Å². The molecular weight excluding hydrogens is 396 g/mol. The summed E-state index contributed by atoms with van der Waals surface area (Å²) in [6, 6.07) is 4.73. The van der Waals surface area contributed by atoms with Crippen LogP contribution in [0.25, 0.3) is 0 Å². The van der Waals surface area contributed by atoms with Gasteiger partial charge < -0.3 is 19.5 Å². The van der Waals surface area contributed by atoms with Crippen molar-refractivity contribution in [3.63, 3.8) is 0 Å². The average Bonchev–Trinajstić information content (AvgIpc) is 2.58. The first kappa shape index (κ1) is 21.2. The van der Waals surface area contributed by atoms with Gasteiger partial charge in [0.05, 0.1) is 7.11 Å². The number of hydrogen-bond donors (Lipinski definition) is 1. The van der Waals surface area contributed by atoms with Crippen molar-refractivity contribution in [3.05, 3.63) is 53.1 Å². The summed E-state index contributed by atoms with van der Waals surface area (Å²) in [5.41, 5.74) is -0.748. The van der Waals surface area contributed by atoms with Crippen LogP contribution >= 0.6 is 0 Å². The van der Waals surface area contributed by atoms with Crippen molar-refractivity contribution in [2.75, 3.05) is 7.11 Å². The summed E-state index contributed by atoms with van der Waals surface area (Å²) in [6.45, 7) is -6.70. The molecule has 2 aromatic carbocycles. The second-order valence-corrected chi connectivity index (χ2v) is 5.19.